The number of aryl methyl sites for hydroxylation is 1. The van der Waals surface area contributed by atoms with Gasteiger partial charge in [-0.25, -0.2) is 9.37 Å². The van der Waals surface area contributed by atoms with Gasteiger partial charge in [-0.1, -0.05) is 18.5 Å². The summed E-state index contributed by atoms with van der Waals surface area (Å²) in [7, 11) is 0. The van der Waals surface area contributed by atoms with Gasteiger partial charge in [0.1, 0.15) is 11.6 Å². The monoisotopic (exact) mass is 281 g/mol. The van der Waals surface area contributed by atoms with Crippen LogP contribution in [0, 0.1) is 5.82 Å². The standard InChI is InChI=1S/C14H17ClFN3/c1-2-6-19-7-5-18-14(19)9-13(17)11-8-10(15)3-4-12(11)16/h3-5,7-8,13H,2,6,9,17H2,1H3. The van der Waals surface area contributed by atoms with Crippen molar-refractivity contribution >= 4 is 11.6 Å². The van der Waals surface area contributed by atoms with Crippen molar-refractivity contribution in [2.24, 2.45) is 5.73 Å². The molecule has 1 heterocycles. The summed E-state index contributed by atoms with van der Waals surface area (Å²) in [6.45, 7) is 2.99. The molecule has 102 valence electrons. The summed E-state index contributed by atoms with van der Waals surface area (Å²) in [5.41, 5.74) is 6.50. The molecule has 1 atom stereocenters. The zero-order chi connectivity index (χ0) is 13.8. The van der Waals surface area contributed by atoms with Crippen LogP contribution in [-0.4, -0.2) is 9.55 Å². The van der Waals surface area contributed by atoms with E-state index in [4.69, 9.17) is 17.3 Å². The molecule has 0 radical (unpaired) electrons. The lowest BCUT2D eigenvalue weighted by atomic mass is 10.0. The predicted octanol–water partition coefficient (Wildman–Crippen LogP) is 3.33. The molecule has 1 aromatic carbocycles. The van der Waals surface area contributed by atoms with Crippen LogP contribution in [-0.2, 0) is 13.0 Å². The molecule has 0 amide bonds. The minimum absolute atomic E-state index is 0.328. The average molecular weight is 282 g/mol. The molecule has 1 unspecified atom stereocenters. The molecule has 0 bridgehead atoms. The molecule has 0 saturated heterocycles. The highest BCUT2D eigenvalue weighted by atomic mass is 35.5. The van der Waals surface area contributed by atoms with Crippen molar-refractivity contribution in [1.82, 2.24) is 9.55 Å². The third-order valence-electron chi connectivity index (χ3n) is 3.03. The van der Waals surface area contributed by atoms with Crippen LogP contribution in [0.2, 0.25) is 5.02 Å². The normalized spacial score (nSPS) is 12.6. The minimum Gasteiger partial charge on any atom is -0.335 e. The molecule has 0 spiro atoms. The van der Waals surface area contributed by atoms with Gasteiger partial charge in [-0.2, -0.15) is 0 Å². The largest absolute Gasteiger partial charge is 0.335 e. The van der Waals surface area contributed by atoms with Gasteiger partial charge in [0, 0.05) is 42.0 Å². The third-order valence-corrected chi connectivity index (χ3v) is 3.26. The Balaban J connectivity index is 2.18. The van der Waals surface area contributed by atoms with E-state index in [1.165, 1.54) is 12.1 Å². The van der Waals surface area contributed by atoms with E-state index in [0.717, 1.165) is 18.8 Å². The highest BCUT2D eigenvalue weighted by Gasteiger charge is 2.15. The van der Waals surface area contributed by atoms with E-state index in [-0.39, 0.29) is 5.82 Å². The smallest absolute Gasteiger partial charge is 0.128 e. The molecule has 19 heavy (non-hydrogen) atoms. The predicted molar refractivity (Wildman–Crippen MR) is 74.6 cm³/mol. The van der Waals surface area contributed by atoms with Crippen LogP contribution in [0.3, 0.4) is 0 Å². The molecule has 2 N–H and O–H groups in total. The van der Waals surface area contributed by atoms with Crippen LogP contribution in [0.1, 0.15) is 30.8 Å². The molecule has 0 aliphatic heterocycles. The van der Waals surface area contributed by atoms with Crippen LogP contribution in [0.5, 0.6) is 0 Å². The summed E-state index contributed by atoms with van der Waals surface area (Å²) >= 11 is 5.88. The quantitative estimate of drug-likeness (QED) is 0.913. The average Bonchev–Trinajstić information content (AvgIpc) is 2.80. The lowest BCUT2D eigenvalue weighted by molar-refractivity contribution is 0.558. The lowest BCUT2D eigenvalue weighted by Crippen LogP contribution is -2.18. The number of hydrogen-bond acceptors (Lipinski definition) is 2. The maximum atomic E-state index is 13.7. The fraction of sp³-hybridized carbons (Fsp3) is 0.357. The van der Waals surface area contributed by atoms with Crippen LogP contribution in [0.25, 0.3) is 0 Å². The molecule has 0 saturated carbocycles. The summed E-state index contributed by atoms with van der Waals surface area (Å²) in [6.07, 6.45) is 5.17. The Kier molecular flexibility index (Phi) is 4.56. The summed E-state index contributed by atoms with van der Waals surface area (Å²) in [5.74, 6) is 0.541. The van der Waals surface area contributed by atoms with E-state index in [0.29, 0.717) is 17.0 Å². The second-order valence-corrected chi connectivity index (χ2v) is 4.95. The van der Waals surface area contributed by atoms with Crippen molar-refractivity contribution in [3.63, 3.8) is 0 Å². The molecular weight excluding hydrogens is 265 g/mol. The Morgan fingerprint density at radius 2 is 2.26 bits per heavy atom. The van der Waals surface area contributed by atoms with Crippen molar-refractivity contribution < 1.29 is 4.39 Å². The van der Waals surface area contributed by atoms with E-state index >= 15 is 0 Å². The van der Waals surface area contributed by atoms with Crippen LogP contribution in [0.4, 0.5) is 4.39 Å². The fourth-order valence-corrected chi connectivity index (χ4v) is 2.26. The van der Waals surface area contributed by atoms with Gasteiger partial charge in [0.05, 0.1) is 0 Å². The van der Waals surface area contributed by atoms with Gasteiger partial charge < -0.3 is 10.3 Å². The van der Waals surface area contributed by atoms with E-state index in [2.05, 4.69) is 11.9 Å². The van der Waals surface area contributed by atoms with Gasteiger partial charge in [0.2, 0.25) is 0 Å². The minimum atomic E-state index is -0.447. The fourth-order valence-electron chi connectivity index (χ4n) is 2.08. The molecule has 5 heteroatoms. The molecule has 3 nitrogen and oxygen atoms in total. The highest BCUT2D eigenvalue weighted by molar-refractivity contribution is 6.30. The first-order valence-corrected chi connectivity index (χ1v) is 6.70. The summed E-state index contributed by atoms with van der Waals surface area (Å²) < 4.78 is 15.8. The first-order valence-electron chi connectivity index (χ1n) is 6.32. The number of aromatic nitrogens is 2. The number of nitrogens with two attached hydrogens (primary N) is 1. The molecular formula is C14H17ClFN3. The van der Waals surface area contributed by atoms with Crippen LogP contribution in [0.15, 0.2) is 30.6 Å². The SMILES string of the molecule is CCCn1ccnc1CC(N)c1cc(Cl)ccc1F. The molecule has 0 aliphatic carbocycles. The first-order chi connectivity index (χ1) is 9.11. The summed E-state index contributed by atoms with van der Waals surface area (Å²) in [4.78, 5) is 4.28. The van der Waals surface area contributed by atoms with Gasteiger partial charge in [0.15, 0.2) is 0 Å². The van der Waals surface area contributed by atoms with Gasteiger partial charge in [-0.05, 0) is 24.6 Å². The first kappa shape index (κ1) is 14.0. The van der Waals surface area contributed by atoms with Crippen molar-refractivity contribution in [2.45, 2.75) is 32.4 Å². The summed E-state index contributed by atoms with van der Waals surface area (Å²) in [6, 6.07) is 3.99. The highest BCUT2D eigenvalue weighted by Crippen LogP contribution is 2.22. The van der Waals surface area contributed by atoms with Crippen LogP contribution >= 0.6 is 11.6 Å². The maximum absolute atomic E-state index is 13.7. The van der Waals surface area contributed by atoms with Crippen molar-refractivity contribution in [2.75, 3.05) is 0 Å². The second kappa shape index (κ2) is 6.17. The molecule has 2 rings (SSSR count). The number of nitrogens with zero attached hydrogens (tertiary/aromatic N) is 2. The van der Waals surface area contributed by atoms with Gasteiger partial charge >= 0.3 is 0 Å². The number of imidazole rings is 1. The van der Waals surface area contributed by atoms with Gasteiger partial charge in [0.25, 0.3) is 0 Å². The molecule has 0 fully saturated rings. The van der Waals surface area contributed by atoms with Crippen LogP contribution < -0.4 is 5.73 Å². The Morgan fingerprint density at radius 1 is 1.47 bits per heavy atom. The van der Waals surface area contributed by atoms with E-state index < -0.39 is 6.04 Å². The molecule has 0 aliphatic rings. The summed E-state index contributed by atoms with van der Waals surface area (Å²) in [5, 5.41) is 0.490. The number of benzene rings is 1. The van der Waals surface area contributed by atoms with E-state index in [9.17, 15) is 4.39 Å². The third kappa shape index (κ3) is 3.33. The lowest BCUT2D eigenvalue weighted by Gasteiger charge is -2.14. The van der Waals surface area contributed by atoms with E-state index in [1.807, 2.05) is 10.8 Å². The topological polar surface area (TPSA) is 43.8 Å². The Hall–Kier alpha value is -1.39. The Bertz CT molecular complexity index is 553. The number of halogens is 2. The Morgan fingerprint density at radius 3 is 3.00 bits per heavy atom. The van der Waals surface area contributed by atoms with Crippen molar-refractivity contribution in [3.05, 3.63) is 52.8 Å². The van der Waals surface area contributed by atoms with Gasteiger partial charge in [-0.3, -0.25) is 0 Å². The Labute approximate surface area is 117 Å². The van der Waals surface area contributed by atoms with E-state index in [1.54, 1.807) is 12.3 Å². The molecule has 1 aromatic heterocycles. The van der Waals surface area contributed by atoms with Crippen molar-refractivity contribution in [3.8, 4) is 0 Å². The zero-order valence-corrected chi connectivity index (χ0v) is 11.6. The zero-order valence-electron chi connectivity index (χ0n) is 10.8. The maximum Gasteiger partial charge on any atom is 0.128 e. The molecule has 2 aromatic rings. The number of rotatable bonds is 5. The number of hydrogen-bond donors (Lipinski definition) is 1. The second-order valence-electron chi connectivity index (χ2n) is 4.51. The van der Waals surface area contributed by atoms with Gasteiger partial charge in [-0.15, -0.1) is 0 Å². The van der Waals surface area contributed by atoms with Crippen molar-refractivity contribution in [1.29, 1.82) is 0 Å².